The summed E-state index contributed by atoms with van der Waals surface area (Å²) in [6.07, 6.45) is -1.04. The number of rotatable bonds is 8. The van der Waals surface area contributed by atoms with Gasteiger partial charge in [-0.3, -0.25) is 14.9 Å². The van der Waals surface area contributed by atoms with E-state index in [0.29, 0.717) is 11.3 Å². The van der Waals surface area contributed by atoms with Gasteiger partial charge in [0.25, 0.3) is 0 Å². The molecule has 1 aliphatic carbocycles. The third-order valence-corrected chi connectivity index (χ3v) is 6.86. The van der Waals surface area contributed by atoms with Crippen LogP contribution in [0.5, 0.6) is 0 Å². The standard InChI is InChI=1S/C29H26N4O7/c34-25-14-23(31-28(38)33-25)26(35)30-17-11-9-16(10-12-17)13-24(27(36)37)32-29(39)40-15-22-20-7-3-1-5-18(20)19-6-2-4-8-21(19)22/h1-12,22-24H,13-15H2,(H,30,35)(H,32,39)(H,36,37)(H2,31,33,34,38). The molecule has 5 amide bonds. The number of amides is 5. The Morgan fingerprint density at radius 1 is 0.925 bits per heavy atom. The molecule has 2 unspecified atom stereocenters. The van der Waals surface area contributed by atoms with E-state index in [0.717, 1.165) is 22.3 Å². The predicted octanol–water partition coefficient (Wildman–Crippen LogP) is 2.76. The molecule has 3 aromatic rings. The summed E-state index contributed by atoms with van der Waals surface area (Å²) in [5.74, 6) is -2.49. The Balaban J connectivity index is 1.16. The zero-order chi connectivity index (χ0) is 28.2. The molecular formula is C29H26N4O7. The number of carbonyl (C=O) groups excluding carboxylic acids is 4. The SMILES string of the molecule is O=C1CC(C(=O)Nc2ccc(CC(NC(=O)OCC3c4ccccc4-c4ccccc43)C(=O)O)cc2)NC(=O)N1. The van der Waals surface area contributed by atoms with E-state index < -0.39 is 42.0 Å². The fourth-order valence-electron chi connectivity index (χ4n) is 4.94. The molecule has 40 heavy (non-hydrogen) atoms. The van der Waals surface area contributed by atoms with Crippen molar-refractivity contribution >= 4 is 35.6 Å². The first kappa shape index (κ1) is 26.4. The van der Waals surface area contributed by atoms with Gasteiger partial charge >= 0.3 is 18.1 Å². The van der Waals surface area contributed by atoms with Crippen LogP contribution >= 0.6 is 0 Å². The Morgan fingerprint density at radius 3 is 2.15 bits per heavy atom. The van der Waals surface area contributed by atoms with Crippen LogP contribution in [0.3, 0.4) is 0 Å². The first-order valence-electron chi connectivity index (χ1n) is 12.6. The van der Waals surface area contributed by atoms with Gasteiger partial charge in [0.1, 0.15) is 18.7 Å². The zero-order valence-electron chi connectivity index (χ0n) is 21.2. The molecule has 5 N–H and O–H groups in total. The topological polar surface area (TPSA) is 163 Å². The van der Waals surface area contributed by atoms with Crippen molar-refractivity contribution in [1.29, 1.82) is 0 Å². The number of hydrogen-bond donors (Lipinski definition) is 5. The van der Waals surface area contributed by atoms with Crippen LogP contribution in [0.2, 0.25) is 0 Å². The monoisotopic (exact) mass is 542 g/mol. The van der Waals surface area contributed by atoms with E-state index in [1.165, 1.54) is 0 Å². The van der Waals surface area contributed by atoms with Crippen molar-refractivity contribution < 1.29 is 33.8 Å². The van der Waals surface area contributed by atoms with Crippen molar-refractivity contribution in [3.8, 4) is 11.1 Å². The minimum Gasteiger partial charge on any atom is -0.480 e. The molecule has 0 radical (unpaired) electrons. The van der Waals surface area contributed by atoms with Gasteiger partial charge in [-0.2, -0.15) is 0 Å². The van der Waals surface area contributed by atoms with Crippen LogP contribution in [-0.2, 0) is 25.5 Å². The molecule has 0 bridgehead atoms. The summed E-state index contributed by atoms with van der Waals surface area (Å²) in [4.78, 5) is 59.8. The highest BCUT2D eigenvalue weighted by atomic mass is 16.5. The van der Waals surface area contributed by atoms with Crippen molar-refractivity contribution in [3.05, 3.63) is 89.5 Å². The summed E-state index contributed by atoms with van der Waals surface area (Å²) in [6, 6.07) is 19.2. The molecule has 0 saturated carbocycles. The number of ether oxygens (including phenoxy) is 1. The molecular weight excluding hydrogens is 516 g/mol. The number of aliphatic carboxylic acids is 1. The normalized spacial score (nSPS) is 16.6. The lowest BCUT2D eigenvalue weighted by molar-refractivity contribution is -0.139. The summed E-state index contributed by atoms with van der Waals surface area (Å²) in [5, 5.41) is 19.1. The maximum atomic E-state index is 12.6. The van der Waals surface area contributed by atoms with E-state index in [9.17, 15) is 29.1 Å². The van der Waals surface area contributed by atoms with Crippen LogP contribution in [-0.4, -0.2) is 53.7 Å². The van der Waals surface area contributed by atoms with Crippen LogP contribution in [0.4, 0.5) is 15.3 Å². The molecule has 0 spiro atoms. The quantitative estimate of drug-likeness (QED) is 0.292. The summed E-state index contributed by atoms with van der Waals surface area (Å²) in [7, 11) is 0. The minimum atomic E-state index is -1.24. The summed E-state index contributed by atoms with van der Waals surface area (Å²) in [5.41, 5.74) is 5.26. The van der Waals surface area contributed by atoms with Gasteiger partial charge in [0, 0.05) is 18.0 Å². The molecule has 11 heteroatoms. The Hall–Kier alpha value is -5.19. The Morgan fingerprint density at radius 2 is 1.55 bits per heavy atom. The van der Waals surface area contributed by atoms with Crippen molar-refractivity contribution in [2.45, 2.75) is 30.8 Å². The van der Waals surface area contributed by atoms with Crippen molar-refractivity contribution in [2.75, 3.05) is 11.9 Å². The molecule has 1 saturated heterocycles. The van der Waals surface area contributed by atoms with Gasteiger partial charge in [-0.05, 0) is 39.9 Å². The number of alkyl carbamates (subject to hydrolysis) is 1. The third kappa shape index (κ3) is 5.78. The van der Waals surface area contributed by atoms with Crippen LogP contribution < -0.4 is 21.3 Å². The third-order valence-electron chi connectivity index (χ3n) is 6.86. The number of imide groups is 1. The van der Waals surface area contributed by atoms with E-state index >= 15 is 0 Å². The number of benzene rings is 3. The van der Waals surface area contributed by atoms with Gasteiger partial charge in [-0.15, -0.1) is 0 Å². The molecule has 0 aromatic heterocycles. The lowest BCUT2D eigenvalue weighted by atomic mass is 9.98. The number of carbonyl (C=O) groups is 5. The van der Waals surface area contributed by atoms with E-state index in [-0.39, 0.29) is 25.4 Å². The fraction of sp³-hybridized carbons (Fsp3) is 0.207. The van der Waals surface area contributed by atoms with Crippen LogP contribution in [0, 0.1) is 0 Å². The Labute approximate surface area is 228 Å². The van der Waals surface area contributed by atoms with Crippen LogP contribution in [0.15, 0.2) is 72.8 Å². The van der Waals surface area contributed by atoms with Gasteiger partial charge < -0.3 is 25.8 Å². The highest BCUT2D eigenvalue weighted by Gasteiger charge is 2.31. The summed E-state index contributed by atoms with van der Waals surface area (Å²) in [6.45, 7) is 0.0592. The second kappa shape index (κ2) is 11.3. The van der Waals surface area contributed by atoms with Gasteiger partial charge in [0.05, 0.1) is 6.42 Å². The highest BCUT2D eigenvalue weighted by molar-refractivity contribution is 6.05. The molecule has 1 fully saturated rings. The molecule has 1 aliphatic heterocycles. The van der Waals surface area contributed by atoms with E-state index in [2.05, 4.69) is 21.3 Å². The number of anilines is 1. The number of hydrogen-bond acceptors (Lipinski definition) is 6. The Bertz CT molecular complexity index is 1430. The maximum Gasteiger partial charge on any atom is 0.407 e. The van der Waals surface area contributed by atoms with Crippen molar-refractivity contribution in [3.63, 3.8) is 0 Å². The van der Waals surface area contributed by atoms with Crippen LogP contribution in [0.25, 0.3) is 11.1 Å². The first-order valence-corrected chi connectivity index (χ1v) is 12.6. The molecule has 5 rings (SSSR count). The number of carboxylic acids is 1. The molecule has 2 aliphatic rings. The molecule has 204 valence electrons. The number of fused-ring (bicyclic) bond motifs is 3. The molecule has 3 aromatic carbocycles. The van der Waals surface area contributed by atoms with Gasteiger partial charge in [0.15, 0.2) is 0 Å². The zero-order valence-corrected chi connectivity index (χ0v) is 21.2. The number of nitrogens with one attached hydrogen (secondary N) is 4. The largest absolute Gasteiger partial charge is 0.480 e. The molecule has 11 nitrogen and oxygen atoms in total. The van der Waals surface area contributed by atoms with Crippen molar-refractivity contribution in [2.24, 2.45) is 0 Å². The highest BCUT2D eigenvalue weighted by Crippen LogP contribution is 2.44. The molecule has 1 heterocycles. The van der Waals surface area contributed by atoms with E-state index in [4.69, 9.17) is 4.74 Å². The minimum absolute atomic E-state index is 0.0212. The van der Waals surface area contributed by atoms with Gasteiger partial charge in [-0.25, -0.2) is 14.4 Å². The lowest BCUT2D eigenvalue weighted by Gasteiger charge is -2.22. The van der Waals surface area contributed by atoms with Crippen LogP contribution in [0.1, 0.15) is 29.0 Å². The first-order chi connectivity index (χ1) is 19.3. The maximum absolute atomic E-state index is 12.6. The van der Waals surface area contributed by atoms with Gasteiger partial charge in [0.2, 0.25) is 11.8 Å². The summed E-state index contributed by atoms with van der Waals surface area (Å²) < 4.78 is 5.47. The number of urea groups is 1. The van der Waals surface area contributed by atoms with E-state index in [1.807, 2.05) is 48.5 Å². The summed E-state index contributed by atoms with van der Waals surface area (Å²) >= 11 is 0. The smallest absolute Gasteiger partial charge is 0.407 e. The average Bonchev–Trinajstić information content (AvgIpc) is 3.25. The second-order valence-corrected chi connectivity index (χ2v) is 9.53. The number of carboxylic acid groups (broad SMARTS) is 1. The van der Waals surface area contributed by atoms with E-state index in [1.54, 1.807) is 24.3 Å². The van der Waals surface area contributed by atoms with Gasteiger partial charge in [-0.1, -0.05) is 60.7 Å². The average molecular weight is 543 g/mol. The molecule has 2 atom stereocenters. The van der Waals surface area contributed by atoms with Crippen molar-refractivity contribution in [1.82, 2.24) is 16.0 Å². The fourth-order valence-corrected chi connectivity index (χ4v) is 4.94. The Kier molecular flexibility index (Phi) is 7.45. The lowest BCUT2D eigenvalue weighted by Crippen LogP contribution is -2.56. The predicted molar refractivity (Wildman–Crippen MR) is 143 cm³/mol. The second-order valence-electron chi connectivity index (χ2n) is 9.53.